The summed E-state index contributed by atoms with van der Waals surface area (Å²) in [6.45, 7) is 4.84. The molecule has 0 saturated heterocycles. The van der Waals surface area contributed by atoms with Crippen molar-refractivity contribution in [1.82, 2.24) is 15.1 Å². The van der Waals surface area contributed by atoms with Crippen LogP contribution in [-0.2, 0) is 13.1 Å². The molecule has 0 aliphatic carbocycles. The lowest BCUT2D eigenvalue weighted by Crippen LogP contribution is -2.24. The number of nitrogens with one attached hydrogen (secondary N) is 1. The van der Waals surface area contributed by atoms with Gasteiger partial charge in [0.1, 0.15) is 5.69 Å². The molecule has 0 aliphatic heterocycles. The zero-order valence-electron chi connectivity index (χ0n) is 17.5. The van der Waals surface area contributed by atoms with Crippen LogP contribution in [0.4, 0.5) is 11.4 Å². The molecule has 0 radical (unpaired) electrons. The maximum atomic E-state index is 12.6. The Kier molecular flexibility index (Phi) is 6.15. The summed E-state index contributed by atoms with van der Waals surface area (Å²) in [4.78, 5) is 25.1. The Morgan fingerprint density at radius 1 is 1.17 bits per heavy atom. The first kappa shape index (κ1) is 21.0. The van der Waals surface area contributed by atoms with E-state index in [1.54, 1.807) is 31.1 Å². The summed E-state index contributed by atoms with van der Waals surface area (Å²) in [5, 5.41) is 18.8. The molecule has 1 heterocycles. The average molecular weight is 407 g/mol. The molecule has 8 heteroatoms. The number of aromatic nitrogens is 2. The van der Waals surface area contributed by atoms with Gasteiger partial charge in [-0.2, -0.15) is 5.10 Å². The molecule has 1 aromatic heterocycles. The number of rotatable bonds is 7. The summed E-state index contributed by atoms with van der Waals surface area (Å²) in [5.41, 5.74) is 4.51. The molecule has 3 rings (SSSR count). The molecule has 0 unspecified atom stereocenters. The molecule has 0 atom stereocenters. The fourth-order valence-electron chi connectivity index (χ4n) is 3.36. The third-order valence-corrected chi connectivity index (χ3v) is 5.05. The van der Waals surface area contributed by atoms with Gasteiger partial charge in [-0.15, -0.1) is 0 Å². The van der Waals surface area contributed by atoms with E-state index in [1.165, 1.54) is 6.07 Å². The third-order valence-electron chi connectivity index (χ3n) is 5.05. The number of hydrogen-bond donors (Lipinski definition) is 1. The van der Waals surface area contributed by atoms with E-state index in [1.807, 2.05) is 48.9 Å². The molecule has 1 N–H and O–H groups in total. The minimum absolute atomic E-state index is 0.101. The fraction of sp³-hybridized carbons (Fsp3) is 0.273. The molecule has 1 amide bonds. The first-order chi connectivity index (χ1) is 14.3. The molecule has 156 valence electrons. The van der Waals surface area contributed by atoms with Crippen LogP contribution in [0.15, 0.2) is 48.5 Å². The average Bonchev–Trinajstić information content (AvgIpc) is 2.99. The Hall–Kier alpha value is -3.68. The molecule has 30 heavy (non-hydrogen) atoms. The highest BCUT2D eigenvalue weighted by Crippen LogP contribution is 2.27. The van der Waals surface area contributed by atoms with Gasteiger partial charge in [0.15, 0.2) is 0 Å². The summed E-state index contributed by atoms with van der Waals surface area (Å²) >= 11 is 0. The Morgan fingerprint density at radius 2 is 1.87 bits per heavy atom. The van der Waals surface area contributed by atoms with Crippen molar-refractivity contribution in [3.05, 3.63) is 86.7 Å². The number of nitro benzene ring substituents is 1. The summed E-state index contributed by atoms with van der Waals surface area (Å²) in [6, 6.07) is 14.5. The molecule has 2 aromatic carbocycles. The molecule has 0 spiro atoms. The summed E-state index contributed by atoms with van der Waals surface area (Å²) < 4.78 is 1.92. The zero-order valence-corrected chi connectivity index (χ0v) is 17.5. The van der Waals surface area contributed by atoms with Gasteiger partial charge < -0.3 is 10.2 Å². The highest BCUT2D eigenvalue weighted by atomic mass is 16.6. The second kappa shape index (κ2) is 8.77. The summed E-state index contributed by atoms with van der Waals surface area (Å²) in [6.07, 6.45) is 0. The summed E-state index contributed by atoms with van der Waals surface area (Å²) in [5.74, 6) is -0.363. The van der Waals surface area contributed by atoms with Crippen LogP contribution >= 0.6 is 0 Å². The van der Waals surface area contributed by atoms with E-state index < -0.39 is 4.92 Å². The minimum Gasteiger partial charge on any atom is -0.372 e. The molecule has 0 saturated carbocycles. The topological polar surface area (TPSA) is 93.3 Å². The Labute approximate surface area is 175 Å². The van der Waals surface area contributed by atoms with Crippen LogP contribution < -0.4 is 10.2 Å². The van der Waals surface area contributed by atoms with Crippen LogP contribution in [0.1, 0.15) is 32.9 Å². The Balaban J connectivity index is 1.75. The number of aryl methyl sites for hydroxylation is 1. The van der Waals surface area contributed by atoms with Crippen molar-refractivity contribution >= 4 is 17.3 Å². The van der Waals surface area contributed by atoms with Gasteiger partial charge in [0.25, 0.3) is 11.6 Å². The largest absolute Gasteiger partial charge is 0.372 e. The van der Waals surface area contributed by atoms with Gasteiger partial charge in [0.2, 0.25) is 0 Å². The number of nitrogens with zero attached hydrogens (tertiary/aromatic N) is 4. The lowest BCUT2D eigenvalue weighted by molar-refractivity contribution is -0.384. The van der Waals surface area contributed by atoms with Crippen molar-refractivity contribution in [2.45, 2.75) is 26.9 Å². The zero-order chi connectivity index (χ0) is 21.8. The molecular weight excluding hydrogens is 382 g/mol. The maximum Gasteiger partial charge on any atom is 0.293 e. The predicted octanol–water partition coefficient (Wildman–Crippen LogP) is 3.45. The maximum absolute atomic E-state index is 12.6. The third kappa shape index (κ3) is 4.48. The van der Waals surface area contributed by atoms with E-state index in [9.17, 15) is 14.9 Å². The van der Waals surface area contributed by atoms with Crippen molar-refractivity contribution < 1.29 is 9.72 Å². The van der Waals surface area contributed by atoms with Crippen molar-refractivity contribution in [2.75, 3.05) is 19.0 Å². The van der Waals surface area contributed by atoms with Gasteiger partial charge in [-0.25, -0.2) is 0 Å². The van der Waals surface area contributed by atoms with Crippen molar-refractivity contribution in [3.63, 3.8) is 0 Å². The standard InChI is InChI=1S/C22H25N5O3/c1-15-19(16(2)26(24-15)14-17-8-6-5-7-9-17)13-23-22(28)18-10-11-20(25(3)4)21(12-18)27(29)30/h5-12H,13-14H2,1-4H3,(H,23,28). The molecule has 0 aliphatic rings. The number of nitro groups is 1. The minimum atomic E-state index is -0.478. The van der Waals surface area contributed by atoms with Crippen LogP contribution in [0.3, 0.4) is 0 Å². The number of amides is 1. The lowest BCUT2D eigenvalue weighted by Gasteiger charge is -2.13. The number of benzene rings is 2. The number of hydrogen-bond acceptors (Lipinski definition) is 5. The van der Waals surface area contributed by atoms with Gasteiger partial charge in [-0.1, -0.05) is 30.3 Å². The lowest BCUT2D eigenvalue weighted by atomic mass is 10.1. The predicted molar refractivity (Wildman–Crippen MR) is 116 cm³/mol. The highest BCUT2D eigenvalue weighted by molar-refractivity contribution is 5.95. The number of carbonyl (C=O) groups is 1. The van der Waals surface area contributed by atoms with E-state index in [4.69, 9.17) is 0 Å². The number of anilines is 1. The molecular formula is C22H25N5O3. The van der Waals surface area contributed by atoms with E-state index in [0.29, 0.717) is 18.8 Å². The van der Waals surface area contributed by atoms with E-state index in [-0.39, 0.29) is 17.2 Å². The molecule has 3 aromatic rings. The van der Waals surface area contributed by atoms with Crippen LogP contribution in [0.25, 0.3) is 0 Å². The van der Waals surface area contributed by atoms with Gasteiger partial charge >= 0.3 is 0 Å². The van der Waals surface area contributed by atoms with E-state index in [2.05, 4.69) is 10.4 Å². The van der Waals surface area contributed by atoms with Crippen molar-refractivity contribution in [1.29, 1.82) is 0 Å². The second-order valence-corrected chi connectivity index (χ2v) is 7.33. The van der Waals surface area contributed by atoms with Gasteiger partial charge in [-0.05, 0) is 31.5 Å². The van der Waals surface area contributed by atoms with Crippen molar-refractivity contribution in [3.8, 4) is 0 Å². The SMILES string of the molecule is Cc1nn(Cc2ccccc2)c(C)c1CNC(=O)c1ccc(N(C)C)c([N+](=O)[O-])c1. The smallest absolute Gasteiger partial charge is 0.293 e. The van der Waals surface area contributed by atoms with Gasteiger partial charge in [0.05, 0.1) is 17.2 Å². The van der Waals surface area contributed by atoms with Crippen LogP contribution in [0.2, 0.25) is 0 Å². The fourth-order valence-corrected chi connectivity index (χ4v) is 3.36. The quantitative estimate of drug-likeness (QED) is 0.478. The first-order valence-corrected chi connectivity index (χ1v) is 9.58. The van der Waals surface area contributed by atoms with Crippen LogP contribution in [0.5, 0.6) is 0 Å². The Bertz CT molecular complexity index is 1070. The van der Waals surface area contributed by atoms with Gasteiger partial charge in [-0.3, -0.25) is 19.6 Å². The second-order valence-electron chi connectivity index (χ2n) is 7.33. The first-order valence-electron chi connectivity index (χ1n) is 9.58. The van der Waals surface area contributed by atoms with Gasteiger partial charge in [0, 0.05) is 43.5 Å². The molecule has 0 bridgehead atoms. The van der Waals surface area contributed by atoms with E-state index in [0.717, 1.165) is 22.5 Å². The molecule has 0 fully saturated rings. The number of carbonyl (C=O) groups excluding carboxylic acids is 1. The van der Waals surface area contributed by atoms with E-state index >= 15 is 0 Å². The van der Waals surface area contributed by atoms with Crippen molar-refractivity contribution in [2.24, 2.45) is 0 Å². The highest BCUT2D eigenvalue weighted by Gasteiger charge is 2.19. The monoisotopic (exact) mass is 407 g/mol. The molecule has 8 nitrogen and oxygen atoms in total. The van der Waals surface area contributed by atoms with Crippen LogP contribution in [-0.4, -0.2) is 34.7 Å². The summed E-state index contributed by atoms with van der Waals surface area (Å²) in [7, 11) is 3.45. The van der Waals surface area contributed by atoms with Crippen LogP contribution in [0, 0.1) is 24.0 Å². The Morgan fingerprint density at radius 3 is 2.50 bits per heavy atom. The normalized spacial score (nSPS) is 10.7.